The molecule has 28 heavy (non-hydrogen) atoms. The number of fused-ring (bicyclic) bond motifs is 1. The maximum absolute atomic E-state index is 13.1. The number of hydrogen-bond donors (Lipinski definition) is 0. The summed E-state index contributed by atoms with van der Waals surface area (Å²) in [6.07, 6.45) is 7.11. The molecular weight excluding hydrogens is 352 g/mol. The van der Waals surface area contributed by atoms with Gasteiger partial charge < -0.3 is 4.74 Å². The molecule has 5 nitrogen and oxygen atoms in total. The zero-order chi connectivity index (χ0) is 19.0. The molecule has 2 aromatic rings. The summed E-state index contributed by atoms with van der Waals surface area (Å²) in [5.41, 5.74) is 0.778. The van der Waals surface area contributed by atoms with Crippen LogP contribution in [0.25, 0.3) is 10.8 Å². The molecule has 5 aliphatic rings. The van der Waals surface area contributed by atoms with Gasteiger partial charge >= 0.3 is 0 Å². The molecule has 0 N–H and O–H groups in total. The molecule has 6 atom stereocenters. The third kappa shape index (κ3) is 1.99. The predicted octanol–water partition coefficient (Wildman–Crippen LogP) is 3.24. The number of hydrazone groups is 1. The number of allylic oxidation sites excluding steroid dienone is 2. The van der Waals surface area contributed by atoms with Crippen molar-refractivity contribution in [1.29, 1.82) is 0 Å². The fourth-order valence-corrected chi connectivity index (χ4v) is 5.76. The molecular formula is C23H20N2O3. The molecule has 4 aliphatic carbocycles. The zero-order valence-electron chi connectivity index (χ0n) is 15.5. The molecule has 3 fully saturated rings. The van der Waals surface area contributed by atoms with Crippen LogP contribution in [0.15, 0.2) is 53.7 Å². The van der Waals surface area contributed by atoms with E-state index in [0.717, 1.165) is 27.8 Å². The highest BCUT2D eigenvalue weighted by atomic mass is 16.5. The van der Waals surface area contributed by atoms with Gasteiger partial charge in [0.15, 0.2) is 0 Å². The first kappa shape index (κ1) is 16.0. The Kier molecular flexibility index (Phi) is 3.17. The van der Waals surface area contributed by atoms with Crippen LogP contribution in [0.5, 0.6) is 5.75 Å². The van der Waals surface area contributed by atoms with E-state index in [2.05, 4.69) is 17.3 Å². The number of methoxy groups -OCH3 is 1. The topological polar surface area (TPSA) is 59.0 Å². The second kappa shape index (κ2) is 5.53. The number of hydrogen-bond acceptors (Lipinski definition) is 4. The minimum atomic E-state index is -0.224. The number of ether oxygens (including phenoxy) is 1. The first-order chi connectivity index (χ1) is 13.7. The van der Waals surface area contributed by atoms with Crippen LogP contribution in [-0.4, -0.2) is 30.1 Å². The molecule has 0 aromatic heterocycles. The summed E-state index contributed by atoms with van der Waals surface area (Å²) in [6, 6.07) is 11.8. The lowest BCUT2D eigenvalue weighted by atomic mass is 9.63. The second-order valence-electron chi connectivity index (χ2n) is 8.29. The van der Waals surface area contributed by atoms with Crippen LogP contribution in [0.3, 0.4) is 0 Å². The van der Waals surface area contributed by atoms with E-state index in [-0.39, 0.29) is 35.5 Å². The van der Waals surface area contributed by atoms with Gasteiger partial charge in [0, 0.05) is 5.56 Å². The molecule has 2 aromatic carbocycles. The summed E-state index contributed by atoms with van der Waals surface area (Å²) < 4.78 is 5.49. The average molecular weight is 372 g/mol. The van der Waals surface area contributed by atoms with Crippen molar-refractivity contribution in [3.8, 4) is 5.75 Å². The van der Waals surface area contributed by atoms with Gasteiger partial charge in [-0.3, -0.25) is 9.59 Å². The van der Waals surface area contributed by atoms with Gasteiger partial charge in [0.25, 0.3) is 11.8 Å². The number of carbonyl (C=O) groups excluding carboxylic acids is 2. The number of rotatable bonds is 3. The van der Waals surface area contributed by atoms with Crippen molar-refractivity contribution in [2.24, 2.45) is 40.6 Å². The molecule has 140 valence electrons. The van der Waals surface area contributed by atoms with Gasteiger partial charge in [0.05, 0.1) is 25.2 Å². The lowest BCUT2D eigenvalue weighted by Crippen LogP contribution is -2.40. The summed E-state index contributed by atoms with van der Waals surface area (Å²) in [5, 5.41) is 7.53. The fraction of sp³-hybridized carbons (Fsp3) is 0.348. The molecule has 1 saturated heterocycles. The Hall–Kier alpha value is -2.95. The molecule has 0 spiro atoms. The zero-order valence-corrected chi connectivity index (χ0v) is 15.5. The average Bonchev–Trinajstić information content (AvgIpc) is 3.51. The predicted molar refractivity (Wildman–Crippen MR) is 105 cm³/mol. The van der Waals surface area contributed by atoms with Crippen molar-refractivity contribution in [3.05, 3.63) is 54.1 Å². The van der Waals surface area contributed by atoms with Crippen LogP contribution in [0.4, 0.5) is 0 Å². The van der Waals surface area contributed by atoms with E-state index >= 15 is 0 Å². The number of nitrogens with zero attached hydrogens (tertiary/aromatic N) is 2. The maximum Gasteiger partial charge on any atom is 0.254 e. The smallest absolute Gasteiger partial charge is 0.254 e. The highest BCUT2D eigenvalue weighted by Crippen LogP contribution is 2.65. The first-order valence-corrected chi connectivity index (χ1v) is 9.85. The molecule has 1 aliphatic heterocycles. The second-order valence-corrected chi connectivity index (χ2v) is 8.29. The molecule has 0 radical (unpaired) electrons. The monoisotopic (exact) mass is 372 g/mol. The van der Waals surface area contributed by atoms with Crippen molar-refractivity contribution in [1.82, 2.24) is 5.01 Å². The fourth-order valence-electron chi connectivity index (χ4n) is 5.76. The lowest BCUT2D eigenvalue weighted by molar-refractivity contribution is -0.140. The summed E-state index contributed by atoms with van der Waals surface area (Å²) in [7, 11) is 1.61. The maximum atomic E-state index is 13.1. The van der Waals surface area contributed by atoms with E-state index in [1.807, 2.05) is 36.4 Å². The van der Waals surface area contributed by atoms with E-state index in [0.29, 0.717) is 17.6 Å². The van der Waals surface area contributed by atoms with E-state index < -0.39 is 0 Å². The molecule has 1 heterocycles. The van der Waals surface area contributed by atoms with Gasteiger partial charge in [-0.1, -0.05) is 42.5 Å². The Morgan fingerprint density at radius 1 is 1.00 bits per heavy atom. The van der Waals surface area contributed by atoms with Gasteiger partial charge in [-0.15, -0.1) is 0 Å². The van der Waals surface area contributed by atoms with Crippen molar-refractivity contribution < 1.29 is 14.3 Å². The standard InChI is InChI=1S/C23H20N2O3/c1-28-19-9-6-12-4-2-3-5-13(12)18(19)11-24-25-22(26)20-14-7-8-15(17-10-16(14)17)21(20)23(25)27/h2-9,11,14-17,20-21H,10H2,1H3/b24-11-/t14-,15+,16+,17-,20-,21+. The van der Waals surface area contributed by atoms with Crippen molar-refractivity contribution in [3.63, 3.8) is 0 Å². The van der Waals surface area contributed by atoms with Crippen LogP contribution >= 0.6 is 0 Å². The Balaban J connectivity index is 1.38. The van der Waals surface area contributed by atoms with Crippen LogP contribution in [0.1, 0.15) is 12.0 Å². The molecule has 2 saturated carbocycles. The molecule has 7 rings (SSSR count). The van der Waals surface area contributed by atoms with Crippen LogP contribution < -0.4 is 4.74 Å². The van der Waals surface area contributed by atoms with E-state index in [9.17, 15) is 9.59 Å². The minimum absolute atomic E-state index is 0.143. The molecule has 0 unspecified atom stereocenters. The van der Waals surface area contributed by atoms with Gasteiger partial charge in [-0.2, -0.15) is 10.1 Å². The first-order valence-electron chi connectivity index (χ1n) is 9.85. The Labute approximate surface area is 162 Å². The van der Waals surface area contributed by atoms with Crippen molar-refractivity contribution in [2.45, 2.75) is 6.42 Å². The SMILES string of the molecule is COc1ccc2ccccc2c1/C=N\N1C(=O)[C@@H]2[C@@H]3C=C[C@@H]([C@H]4C[C@@H]34)[C@@H]2C1=O. The van der Waals surface area contributed by atoms with Crippen LogP contribution in [0.2, 0.25) is 0 Å². The number of imide groups is 1. The highest BCUT2D eigenvalue weighted by molar-refractivity contribution is 6.08. The number of benzene rings is 2. The van der Waals surface area contributed by atoms with Crippen LogP contribution in [-0.2, 0) is 9.59 Å². The summed E-state index contributed by atoms with van der Waals surface area (Å²) in [4.78, 5) is 26.1. The lowest BCUT2D eigenvalue weighted by Gasteiger charge is -2.37. The highest BCUT2D eigenvalue weighted by Gasteiger charge is 2.67. The Morgan fingerprint density at radius 3 is 2.36 bits per heavy atom. The minimum Gasteiger partial charge on any atom is -0.496 e. The summed E-state index contributed by atoms with van der Waals surface area (Å²) >= 11 is 0. The molecule has 5 heteroatoms. The van der Waals surface area contributed by atoms with Gasteiger partial charge in [-0.05, 0) is 46.9 Å². The van der Waals surface area contributed by atoms with E-state index in [1.54, 1.807) is 13.3 Å². The van der Waals surface area contributed by atoms with Crippen molar-refractivity contribution >= 4 is 28.8 Å². The third-order valence-electron chi connectivity index (χ3n) is 7.09. The van der Waals surface area contributed by atoms with Gasteiger partial charge in [-0.25, -0.2) is 0 Å². The summed E-state index contributed by atoms with van der Waals surface area (Å²) in [5.74, 6) is 1.54. The van der Waals surface area contributed by atoms with Gasteiger partial charge in [0.2, 0.25) is 0 Å². The van der Waals surface area contributed by atoms with Crippen LogP contribution in [0, 0.1) is 35.5 Å². The molecule has 2 bridgehead atoms. The molecule has 2 amide bonds. The van der Waals surface area contributed by atoms with E-state index in [1.165, 1.54) is 0 Å². The van der Waals surface area contributed by atoms with E-state index in [4.69, 9.17) is 4.74 Å². The largest absolute Gasteiger partial charge is 0.496 e. The Morgan fingerprint density at radius 2 is 1.68 bits per heavy atom. The third-order valence-corrected chi connectivity index (χ3v) is 7.09. The number of carbonyl (C=O) groups is 2. The van der Waals surface area contributed by atoms with Gasteiger partial charge in [0.1, 0.15) is 5.75 Å². The van der Waals surface area contributed by atoms with Crippen molar-refractivity contribution in [2.75, 3.05) is 7.11 Å². The summed E-state index contributed by atoms with van der Waals surface area (Å²) in [6.45, 7) is 0. The Bertz CT molecular complexity index is 1050. The quantitative estimate of drug-likeness (QED) is 0.472. The number of amides is 2. The normalized spacial score (nSPS) is 35.0.